The number of hydrogen-bond acceptors (Lipinski definition) is 1. The molecule has 0 aromatic rings. The molecule has 0 aliphatic carbocycles. The van der Waals surface area contributed by atoms with Crippen molar-refractivity contribution >= 4 is 6.29 Å². The Bertz CT molecular complexity index is 20.9. The van der Waals surface area contributed by atoms with Crippen LogP contribution in [0.4, 0.5) is 0 Å². The molecule has 0 aliphatic heterocycles. The minimum absolute atomic E-state index is 0. The second-order valence-corrected chi connectivity index (χ2v) is 0.498. The molecule has 0 aromatic heterocycles. The van der Waals surface area contributed by atoms with E-state index in [9.17, 15) is 0 Å². The molecule has 0 rings (SSSR count). The van der Waals surface area contributed by atoms with Gasteiger partial charge in [0.05, 0.1) is 0 Å². The zero-order chi connectivity index (χ0) is 3.41. The maximum absolute atomic E-state index is 9.05. The largest absolute Gasteiger partial charge is 1.00 e. The van der Waals surface area contributed by atoms with E-state index in [4.69, 9.17) is 4.79 Å². The third-order valence-corrected chi connectivity index (χ3v) is 0.144. The summed E-state index contributed by atoms with van der Waals surface area (Å²) < 4.78 is 0. The molecule has 0 heterocycles. The van der Waals surface area contributed by atoms with Gasteiger partial charge in [-0.2, -0.15) is 6.42 Å². The summed E-state index contributed by atoms with van der Waals surface area (Å²) in [5, 5.41) is 0. The summed E-state index contributed by atoms with van der Waals surface area (Å²) in [5.41, 5.74) is 0. The van der Waals surface area contributed by atoms with Gasteiger partial charge in [-0.25, -0.2) is 0 Å². The summed E-state index contributed by atoms with van der Waals surface area (Å²) in [6.07, 6.45) is 2.19. The predicted molar refractivity (Wildman–Crippen MR) is 16.0 cm³/mol. The van der Waals surface area contributed by atoms with Crippen LogP contribution in [0.1, 0.15) is 13.3 Å². The molecule has 0 unspecified atom stereocenters. The van der Waals surface area contributed by atoms with E-state index in [1.54, 1.807) is 13.2 Å². The Morgan fingerprint density at radius 3 is 2.00 bits per heavy atom. The summed E-state index contributed by atoms with van der Waals surface area (Å²) in [6.45, 7) is 1.76. The van der Waals surface area contributed by atoms with Gasteiger partial charge in [-0.05, 0) is 0 Å². The van der Waals surface area contributed by atoms with Crippen LogP contribution >= 0.6 is 0 Å². The number of rotatable bonds is 1. The van der Waals surface area contributed by atoms with Gasteiger partial charge in [-0.15, -0.1) is 0 Å². The molecule has 0 saturated carbocycles. The van der Waals surface area contributed by atoms with Crippen LogP contribution in [-0.2, 0) is 4.79 Å². The Balaban J connectivity index is 0. The van der Waals surface area contributed by atoms with Crippen LogP contribution in [0.15, 0.2) is 0 Å². The third kappa shape index (κ3) is 10.8. The summed E-state index contributed by atoms with van der Waals surface area (Å²) in [7, 11) is 0. The number of hydrogen-bond donors (Lipinski definition) is 0. The van der Waals surface area contributed by atoms with Gasteiger partial charge in [0.25, 0.3) is 0 Å². The molecule has 0 atom stereocenters. The minimum atomic E-state index is 0. The summed E-state index contributed by atoms with van der Waals surface area (Å²) in [4.78, 5) is 9.05. The van der Waals surface area contributed by atoms with Gasteiger partial charge in [0.2, 0.25) is 0 Å². The Kier molecular flexibility index (Phi) is 17.6. The van der Waals surface area contributed by atoms with Crippen LogP contribution < -0.4 is 58.2 Å². The Morgan fingerprint density at radius 1 is 1.80 bits per heavy atom. The van der Waals surface area contributed by atoms with Crippen molar-refractivity contribution in [2.45, 2.75) is 13.3 Å². The second-order valence-electron chi connectivity index (χ2n) is 0.498. The average Bonchev–Trinajstić information content (AvgIpc) is 1.37. The van der Waals surface area contributed by atoms with Crippen LogP contribution in [-0.4, -0.2) is 6.29 Å². The van der Waals surface area contributed by atoms with Crippen molar-refractivity contribution in [3.8, 4) is 0 Å². The van der Waals surface area contributed by atoms with Crippen molar-refractivity contribution in [1.29, 1.82) is 0 Å². The molecule has 5 heavy (non-hydrogen) atoms. The fourth-order valence-electron chi connectivity index (χ4n) is 0. The van der Waals surface area contributed by atoms with Gasteiger partial charge in [0.15, 0.2) is 0 Å². The van der Waals surface area contributed by atoms with E-state index in [1.807, 2.05) is 0 Å². The van der Waals surface area contributed by atoms with Crippen molar-refractivity contribution < 1.29 is 63.0 Å². The molecule has 1 nitrogen and oxygen atoms in total. The van der Waals surface area contributed by atoms with E-state index in [-0.39, 0.29) is 58.2 Å². The van der Waals surface area contributed by atoms with E-state index in [0.717, 1.165) is 0 Å². The van der Waals surface area contributed by atoms with E-state index in [1.165, 1.54) is 0 Å². The fourth-order valence-corrected chi connectivity index (χ4v) is 0. The molecule has 0 amide bonds. The molecule has 0 aromatic carbocycles. The van der Waals surface area contributed by atoms with Crippen molar-refractivity contribution in [1.82, 2.24) is 0 Å². The normalized spacial score (nSPS) is 5.00. The van der Waals surface area contributed by atoms with Crippen molar-refractivity contribution in [2.24, 2.45) is 0 Å². The van der Waals surface area contributed by atoms with Crippen molar-refractivity contribution in [2.75, 3.05) is 0 Å². The van der Waals surface area contributed by atoms with E-state index in [0.29, 0.717) is 6.42 Å². The second kappa shape index (κ2) is 9.08. The first-order valence-corrected chi connectivity index (χ1v) is 1.26. The van der Waals surface area contributed by atoms with Crippen LogP contribution in [0.2, 0.25) is 0 Å². The molecule has 0 aliphatic rings. The quantitative estimate of drug-likeness (QED) is 0.371. The van der Waals surface area contributed by atoms with E-state index >= 15 is 0 Å². The van der Waals surface area contributed by atoms with Gasteiger partial charge in [-0.3, -0.25) is 6.29 Å². The molecule has 2 heteroatoms. The maximum atomic E-state index is 9.05. The first kappa shape index (κ1) is 9.69. The molecule has 0 radical (unpaired) electrons. The molecular weight excluding hydrogens is 138 g/mol. The molecule has 0 saturated heterocycles. The predicted octanol–water partition coefficient (Wildman–Crippen LogP) is -2.49. The monoisotopic (exact) mass is 142 g/mol. The van der Waals surface area contributed by atoms with Gasteiger partial charge in [0.1, 0.15) is 0 Å². The first-order valence-electron chi connectivity index (χ1n) is 1.26. The summed E-state index contributed by atoms with van der Waals surface area (Å²) in [6, 6.07) is 0. The standard InChI is InChI=1S/C3H5O.Rb/c1-2-3-4;/h2H2,1H3;/q-1;+1. The van der Waals surface area contributed by atoms with Gasteiger partial charge < -0.3 is 4.79 Å². The molecule has 24 valence electrons. The van der Waals surface area contributed by atoms with Crippen LogP contribution in [0, 0.1) is 0 Å². The van der Waals surface area contributed by atoms with E-state index in [2.05, 4.69) is 0 Å². The Labute approximate surface area is 80.9 Å². The molecule has 0 bridgehead atoms. The Morgan fingerprint density at radius 2 is 2.00 bits per heavy atom. The zero-order valence-corrected chi connectivity index (χ0v) is 8.53. The topological polar surface area (TPSA) is 17.1 Å². The van der Waals surface area contributed by atoms with Gasteiger partial charge in [0, 0.05) is 0 Å². The molecule has 0 spiro atoms. The Hall–Kier alpha value is 1.48. The minimum Gasteiger partial charge on any atom is -0.542 e. The van der Waals surface area contributed by atoms with Gasteiger partial charge in [-0.1, -0.05) is 6.92 Å². The SMILES string of the molecule is CC[C-]=O.[Rb+]. The van der Waals surface area contributed by atoms with Crippen LogP contribution in [0.5, 0.6) is 0 Å². The van der Waals surface area contributed by atoms with E-state index < -0.39 is 0 Å². The fraction of sp³-hybridized carbons (Fsp3) is 0.667. The van der Waals surface area contributed by atoms with Crippen molar-refractivity contribution in [3.05, 3.63) is 0 Å². The summed E-state index contributed by atoms with van der Waals surface area (Å²) >= 11 is 0. The average molecular weight is 143 g/mol. The maximum Gasteiger partial charge on any atom is 1.00 e. The summed E-state index contributed by atoms with van der Waals surface area (Å²) in [5.74, 6) is 0. The third-order valence-electron chi connectivity index (χ3n) is 0.144. The van der Waals surface area contributed by atoms with Crippen molar-refractivity contribution in [3.63, 3.8) is 0 Å². The first-order chi connectivity index (χ1) is 1.91. The molecule has 0 N–H and O–H groups in total. The van der Waals surface area contributed by atoms with Crippen LogP contribution in [0.25, 0.3) is 0 Å². The molecule has 0 fully saturated rings. The zero-order valence-electron chi connectivity index (χ0n) is 3.62. The smallest absolute Gasteiger partial charge is 0.542 e. The van der Waals surface area contributed by atoms with Gasteiger partial charge >= 0.3 is 58.2 Å². The van der Waals surface area contributed by atoms with Crippen LogP contribution in [0.3, 0.4) is 0 Å². The molecular formula is C3H5ORb. The number of carbonyl (C=O) groups excluding carboxylic acids is 1.